The maximum atomic E-state index is 2.48. The molecule has 0 spiro atoms. The van der Waals surface area contributed by atoms with Crippen LogP contribution in [0.2, 0.25) is 13.1 Å². The third kappa shape index (κ3) is 7.10. The van der Waals surface area contributed by atoms with Gasteiger partial charge < -0.3 is 0 Å². The van der Waals surface area contributed by atoms with Crippen molar-refractivity contribution < 1.29 is 0 Å². The summed E-state index contributed by atoms with van der Waals surface area (Å²) in [5.41, 5.74) is 8.51. The molecule has 1 unspecified atom stereocenters. The molecule has 1 atom stereocenters. The summed E-state index contributed by atoms with van der Waals surface area (Å²) in [4.78, 5) is 0. The van der Waals surface area contributed by atoms with Crippen LogP contribution in [0.4, 0.5) is 0 Å². The SMILES string of the molecule is C[Si](C)=C1CCCCC1c1cc2c(-c3ccccc3)cccc2[cH-]1.[Mg+2].c1ccc(-c2cccc3[cH-]c(C4CCCCC4)cc23)cc1. The molecule has 0 amide bonds. The summed E-state index contributed by atoms with van der Waals surface area (Å²) in [6.45, 7) is 4.94. The Bertz CT molecular complexity index is 1900. The maximum Gasteiger partial charge on any atom is 2.00 e. The number of hydrogen-bond donors (Lipinski definition) is 0. The van der Waals surface area contributed by atoms with Gasteiger partial charge in [0.2, 0.25) is 0 Å². The van der Waals surface area contributed by atoms with Crippen molar-refractivity contribution in [3.8, 4) is 22.3 Å². The second-order valence-corrected chi connectivity index (χ2v) is 16.2. The quantitative estimate of drug-likeness (QED) is 0.135. The van der Waals surface area contributed by atoms with Crippen molar-refractivity contribution in [2.24, 2.45) is 0 Å². The number of fused-ring (bicyclic) bond motifs is 2. The van der Waals surface area contributed by atoms with Crippen LogP contribution >= 0.6 is 0 Å². The molecule has 2 saturated carbocycles. The van der Waals surface area contributed by atoms with Crippen molar-refractivity contribution in [3.63, 3.8) is 0 Å². The summed E-state index contributed by atoms with van der Waals surface area (Å²) < 4.78 is 0. The normalized spacial score (nSPS) is 16.9. The monoisotopic (exact) mass is 626 g/mol. The van der Waals surface area contributed by atoms with E-state index >= 15 is 0 Å². The molecule has 0 N–H and O–H groups in total. The van der Waals surface area contributed by atoms with Crippen molar-refractivity contribution >= 4 is 58.2 Å². The fourth-order valence-electron chi connectivity index (χ4n) is 8.11. The Labute approximate surface area is 294 Å². The molecule has 228 valence electrons. The maximum absolute atomic E-state index is 2.48. The van der Waals surface area contributed by atoms with Gasteiger partial charge in [-0.3, -0.25) is 0 Å². The molecule has 6 aromatic rings. The molecule has 0 nitrogen and oxygen atoms in total. The van der Waals surface area contributed by atoms with Gasteiger partial charge in [0, 0.05) is 8.41 Å². The Morgan fingerprint density at radius 2 is 1.07 bits per heavy atom. The van der Waals surface area contributed by atoms with Crippen LogP contribution in [0.25, 0.3) is 43.8 Å². The standard InChI is InChI=1S/C23H25Si.C21H21.Mg/c1-24(2)23-14-7-6-12-21(23)19-15-18-11-8-13-20(22(18)16-19)17-9-4-3-5-10-17;1-3-8-16(9-4-1)19-14-18-12-7-13-20(21(18)15-19)17-10-5-2-6-11-17;/h3-5,8-11,13,15-16,21H,6-7,12,14H2,1-2H3;2,5-7,10-16H,1,3-4,8-9H2;/q2*-1;+2. The molecule has 0 saturated heterocycles. The predicted octanol–water partition coefficient (Wildman–Crippen LogP) is 12.3. The molecule has 46 heavy (non-hydrogen) atoms. The van der Waals surface area contributed by atoms with Gasteiger partial charge in [0.25, 0.3) is 0 Å². The molecule has 0 heterocycles. The van der Waals surface area contributed by atoms with E-state index in [-0.39, 0.29) is 31.5 Å². The van der Waals surface area contributed by atoms with Gasteiger partial charge in [0.1, 0.15) is 0 Å². The van der Waals surface area contributed by atoms with Crippen LogP contribution in [0.3, 0.4) is 0 Å². The van der Waals surface area contributed by atoms with E-state index in [1.54, 1.807) is 11.1 Å². The molecule has 2 fully saturated rings. The van der Waals surface area contributed by atoms with Crippen LogP contribution in [-0.4, -0.2) is 36.6 Å². The molecule has 8 rings (SSSR count). The van der Waals surface area contributed by atoms with Crippen LogP contribution in [-0.2, 0) is 0 Å². The first-order valence-electron chi connectivity index (χ1n) is 17.3. The Morgan fingerprint density at radius 1 is 0.543 bits per heavy atom. The van der Waals surface area contributed by atoms with Crippen molar-refractivity contribution in [2.45, 2.75) is 82.7 Å². The topological polar surface area (TPSA) is 0 Å². The molecule has 0 aromatic heterocycles. The third-order valence-electron chi connectivity index (χ3n) is 10.4. The third-order valence-corrected chi connectivity index (χ3v) is 12.3. The van der Waals surface area contributed by atoms with Gasteiger partial charge in [-0.15, -0.1) is 69.1 Å². The Hall–Kier alpha value is -3.05. The van der Waals surface area contributed by atoms with E-state index in [0.29, 0.717) is 5.92 Å². The largest absolute Gasteiger partial charge is 2.00 e. The first-order valence-corrected chi connectivity index (χ1v) is 19.8. The second kappa shape index (κ2) is 15.2. The van der Waals surface area contributed by atoms with Gasteiger partial charge in [-0.25, -0.2) is 0 Å². The van der Waals surface area contributed by atoms with Crippen molar-refractivity contribution in [2.75, 3.05) is 0 Å². The van der Waals surface area contributed by atoms with E-state index in [0.717, 1.165) is 5.92 Å². The molecule has 0 radical (unpaired) electrons. The number of benzene rings is 4. The van der Waals surface area contributed by atoms with Gasteiger partial charge in [-0.2, -0.15) is 12.1 Å². The van der Waals surface area contributed by atoms with Crippen LogP contribution in [0.15, 0.2) is 121 Å². The summed E-state index contributed by atoms with van der Waals surface area (Å²) >= 11 is 0. The zero-order valence-corrected chi connectivity index (χ0v) is 30.2. The summed E-state index contributed by atoms with van der Waals surface area (Å²) in [6.07, 6.45) is 12.5. The molecular weight excluding hydrogens is 581 g/mol. The van der Waals surface area contributed by atoms with Crippen LogP contribution in [0.1, 0.15) is 80.8 Å². The van der Waals surface area contributed by atoms with E-state index in [9.17, 15) is 0 Å². The zero-order valence-electron chi connectivity index (χ0n) is 27.8. The Morgan fingerprint density at radius 3 is 1.63 bits per heavy atom. The van der Waals surface area contributed by atoms with Crippen LogP contribution < -0.4 is 0 Å². The molecule has 0 aliphatic heterocycles. The molecule has 2 aliphatic rings. The minimum absolute atomic E-state index is 0. The van der Waals surface area contributed by atoms with E-state index in [2.05, 4.69) is 134 Å². The van der Waals surface area contributed by atoms with Gasteiger partial charge in [-0.1, -0.05) is 128 Å². The zero-order chi connectivity index (χ0) is 30.6. The summed E-state index contributed by atoms with van der Waals surface area (Å²) in [7, 11) is -0.313. The molecular formula is C44H46MgSi. The number of hydrogen-bond acceptors (Lipinski definition) is 0. The average molecular weight is 627 g/mol. The van der Waals surface area contributed by atoms with Gasteiger partial charge >= 0.3 is 23.1 Å². The summed E-state index contributed by atoms with van der Waals surface area (Å²) in [5.74, 6) is 1.49. The van der Waals surface area contributed by atoms with Crippen molar-refractivity contribution in [1.29, 1.82) is 0 Å². The van der Waals surface area contributed by atoms with E-state index < -0.39 is 0 Å². The molecule has 0 bridgehead atoms. The first-order chi connectivity index (χ1) is 22.2. The van der Waals surface area contributed by atoms with E-state index in [1.165, 1.54) is 102 Å². The second-order valence-electron chi connectivity index (χ2n) is 13.6. The number of rotatable bonds is 4. The summed E-state index contributed by atoms with van der Waals surface area (Å²) in [5, 5.41) is 7.51. The molecule has 2 heteroatoms. The minimum atomic E-state index is -0.313. The molecule has 6 aromatic carbocycles. The summed E-state index contributed by atoms with van der Waals surface area (Å²) in [6, 6.07) is 44.8. The van der Waals surface area contributed by atoms with Gasteiger partial charge in [-0.05, 0) is 55.1 Å². The fourth-order valence-corrected chi connectivity index (χ4v) is 9.79. The minimum Gasteiger partial charge on any atom is -0.164 e. The first kappa shape index (κ1) is 32.9. The van der Waals surface area contributed by atoms with Gasteiger partial charge in [0.15, 0.2) is 0 Å². The van der Waals surface area contributed by atoms with Crippen molar-refractivity contribution in [3.05, 3.63) is 132 Å². The van der Waals surface area contributed by atoms with E-state index in [1.807, 2.05) is 5.17 Å². The van der Waals surface area contributed by atoms with E-state index in [4.69, 9.17) is 0 Å². The van der Waals surface area contributed by atoms with Crippen LogP contribution in [0, 0.1) is 0 Å². The average Bonchev–Trinajstić information content (AvgIpc) is 3.75. The Balaban J connectivity index is 0.000000159. The van der Waals surface area contributed by atoms with Crippen molar-refractivity contribution in [1.82, 2.24) is 0 Å². The van der Waals surface area contributed by atoms with Gasteiger partial charge in [0.05, 0.1) is 0 Å². The Kier molecular flexibility index (Phi) is 10.9. The fraction of sp³-hybridized carbons (Fsp3) is 0.295. The molecule has 2 aliphatic carbocycles. The van der Waals surface area contributed by atoms with Crippen LogP contribution in [0.5, 0.6) is 0 Å². The smallest absolute Gasteiger partial charge is 0.164 e. The predicted molar refractivity (Wildman–Crippen MR) is 205 cm³/mol.